The van der Waals surface area contributed by atoms with Crippen molar-refractivity contribution in [2.45, 2.75) is 39.8 Å². The molecular formula is C23H29F2N3O4S. The van der Waals surface area contributed by atoms with E-state index in [4.69, 9.17) is 0 Å². The van der Waals surface area contributed by atoms with E-state index < -0.39 is 40.2 Å². The summed E-state index contributed by atoms with van der Waals surface area (Å²) in [6, 6.07) is 9.14. The number of nitrogens with zero attached hydrogens (tertiary/aromatic N) is 2. The second-order valence-electron chi connectivity index (χ2n) is 7.70. The van der Waals surface area contributed by atoms with Crippen LogP contribution in [0.15, 0.2) is 42.5 Å². The van der Waals surface area contributed by atoms with Gasteiger partial charge < -0.3 is 10.2 Å². The quantitative estimate of drug-likeness (QED) is 0.565. The second-order valence-corrected chi connectivity index (χ2v) is 9.60. The summed E-state index contributed by atoms with van der Waals surface area (Å²) in [5, 5.41) is 2.70. The summed E-state index contributed by atoms with van der Waals surface area (Å²) in [5.41, 5.74) is 1.54. The lowest BCUT2D eigenvalue weighted by atomic mass is 10.1. The fraction of sp³-hybridized carbons (Fsp3) is 0.391. The van der Waals surface area contributed by atoms with Crippen molar-refractivity contribution in [2.24, 2.45) is 0 Å². The molecule has 2 rings (SSSR count). The molecule has 1 N–H and O–H groups in total. The van der Waals surface area contributed by atoms with Crippen molar-refractivity contribution in [2.75, 3.05) is 23.7 Å². The van der Waals surface area contributed by atoms with E-state index in [1.54, 1.807) is 19.9 Å². The Hall–Kier alpha value is -3.01. The van der Waals surface area contributed by atoms with Crippen LogP contribution in [0.2, 0.25) is 0 Å². The molecule has 0 heterocycles. The van der Waals surface area contributed by atoms with Crippen LogP contribution in [-0.4, -0.2) is 50.5 Å². The number of hydrogen-bond donors (Lipinski definition) is 1. The zero-order chi connectivity index (χ0) is 24.8. The van der Waals surface area contributed by atoms with Crippen LogP contribution >= 0.6 is 0 Å². The Morgan fingerprint density at radius 2 is 1.76 bits per heavy atom. The topological polar surface area (TPSA) is 86.8 Å². The van der Waals surface area contributed by atoms with Gasteiger partial charge in [-0.2, -0.15) is 0 Å². The van der Waals surface area contributed by atoms with E-state index in [2.05, 4.69) is 5.32 Å². The first-order chi connectivity index (χ1) is 15.5. The maximum atomic E-state index is 13.8. The van der Waals surface area contributed by atoms with E-state index in [1.165, 1.54) is 4.90 Å². The number of benzene rings is 2. The van der Waals surface area contributed by atoms with Crippen molar-refractivity contribution < 1.29 is 26.8 Å². The maximum Gasteiger partial charge on any atom is 0.244 e. The maximum absolute atomic E-state index is 13.8. The molecule has 7 nitrogen and oxygen atoms in total. The first-order valence-corrected chi connectivity index (χ1v) is 12.4. The Labute approximate surface area is 193 Å². The molecular weight excluding hydrogens is 452 g/mol. The van der Waals surface area contributed by atoms with Crippen LogP contribution in [0, 0.1) is 18.6 Å². The third kappa shape index (κ3) is 6.98. The van der Waals surface area contributed by atoms with Gasteiger partial charge in [0, 0.05) is 19.2 Å². The minimum Gasteiger partial charge on any atom is -0.355 e. The standard InChI is InChI=1S/C23H29F2N3O4S/c1-5-21(23(30)26-6-2)27(14-17-9-7-8-16(3)12-17)22(29)15-28(33(4,31)32)18-10-11-19(24)20(25)13-18/h7-13,21H,5-6,14-15H2,1-4H3,(H,26,30)/t21-/m0/s1. The van der Waals surface area contributed by atoms with Crippen LogP contribution in [-0.2, 0) is 26.2 Å². The Kier molecular flexibility index (Phi) is 8.92. The molecule has 0 radical (unpaired) electrons. The first kappa shape index (κ1) is 26.2. The number of anilines is 1. The summed E-state index contributed by atoms with van der Waals surface area (Å²) in [6.45, 7) is 5.17. The van der Waals surface area contributed by atoms with Crippen molar-refractivity contribution >= 4 is 27.5 Å². The highest BCUT2D eigenvalue weighted by atomic mass is 32.2. The van der Waals surface area contributed by atoms with Crippen LogP contribution < -0.4 is 9.62 Å². The molecule has 10 heteroatoms. The number of carbonyl (C=O) groups is 2. The fourth-order valence-electron chi connectivity index (χ4n) is 3.47. The zero-order valence-electron chi connectivity index (χ0n) is 19.1. The van der Waals surface area contributed by atoms with Gasteiger partial charge in [-0.05, 0) is 38.0 Å². The lowest BCUT2D eigenvalue weighted by Gasteiger charge is -2.32. The van der Waals surface area contributed by atoms with Gasteiger partial charge in [0.05, 0.1) is 11.9 Å². The highest BCUT2D eigenvalue weighted by molar-refractivity contribution is 7.92. The van der Waals surface area contributed by atoms with Gasteiger partial charge in [0.1, 0.15) is 12.6 Å². The third-order valence-electron chi connectivity index (χ3n) is 5.04. The summed E-state index contributed by atoms with van der Waals surface area (Å²) in [7, 11) is -4.02. The van der Waals surface area contributed by atoms with Crippen molar-refractivity contribution in [1.82, 2.24) is 10.2 Å². The molecule has 0 aliphatic heterocycles. The summed E-state index contributed by atoms with van der Waals surface area (Å²) >= 11 is 0. The molecule has 0 bridgehead atoms. The molecule has 180 valence electrons. The number of rotatable bonds is 10. The minimum absolute atomic E-state index is 0.0749. The smallest absolute Gasteiger partial charge is 0.244 e. The molecule has 0 aliphatic carbocycles. The Morgan fingerprint density at radius 3 is 2.30 bits per heavy atom. The van der Waals surface area contributed by atoms with Gasteiger partial charge in [0.2, 0.25) is 21.8 Å². The van der Waals surface area contributed by atoms with E-state index in [0.717, 1.165) is 35.6 Å². The van der Waals surface area contributed by atoms with E-state index in [0.29, 0.717) is 17.3 Å². The van der Waals surface area contributed by atoms with Crippen molar-refractivity contribution in [1.29, 1.82) is 0 Å². The number of amides is 2. The molecule has 1 atom stereocenters. The Bertz CT molecular complexity index is 1110. The molecule has 33 heavy (non-hydrogen) atoms. The molecule has 0 fully saturated rings. The van der Waals surface area contributed by atoms with Crippen molar-refractivity contribution in [3.8, 4) is 0 Å². The van der Waals surface area contributed by atoms with Gasteiger partial charge in [-0.15, -0.1) is 0 Å². The summed E-state index contributed by atoms with van der Waals surface area (Å²) in [6.07, 6.45) is 1.17. The predicted molar refractivity (Wildman–Crippen MR) is 123 cm³/mol. The molecule has 0 saturated carbocycles. The van der Waals surface area contributed by atoms with Crippen molar-refractivity contribution in [3.63, 3.8) is 0 Å². The van der Waals surface area contributed by atoms with Crippen LogP contribution in [0.4, 0.5) is 14.5 Å². The number of halogens is 2. The lowest BCUT2D eigenvalue weighted by molar-refractivity contribution is -0.140. The number of aryl methyl sites for hydroxylation is 1. The van der Waals surface area contributed by atoms with Crippen LogP contribution in [0.3, 0.4) is 0 Å². The summed E-state index contributed by atoms with van der Waals surface area (Å²) in [5.74, 6) is -3.38. The molecule has 0 saturated heterocycles. The molecule has 2 amide bonds. The number of likely N-dealkylation sites (N-methyl/N-ethyl adjacent to an activating group) is 1. The molecule has 2 aromatic rings. The third-order valence-corrected chi connectivity index (χ3v) is 6.18. The first-order valence-electron chi connectivity index (χ1n) is 10.5. The van der Waals surface area contributed by atoms with Crippen molar-refractivity contribution in [3.05, 3.63) is 65.2 Å². The predicted octanol–water partition coefficient (Wildman–Crippen LogP) is 2.98. The minimum atomic E-state index is -4.02. The number of hydrogen-bond acceptors (Lipinski definition) is 4. The molecule has 2 aromatic carbocycles. The van der Waals surface area contributed by atoms with Gasteiger partial charge in [-0.25, -0.2) is 17.2 Å². The van der Waals surface area contributed by atoms with Gasteiger partial charge in [-0.3, -0.25) is 13.9 Å². The Balaban J connectivity index is 2.45. The van der Waals surface area contributed by atoms with Crippen LogP contribution in [0.1, 0.15) is 31.4 Å². The average molecular weight is 482 g/mol. The summed E-state index contributed by atoms with van der Waals surface area (Å²) < 4.78 is 52.7. The fourth-order valence-corrected chi connectivity index (χ4v) is 4.31. The molecule has 0 aliphatic rings. The van der Waals surface area contributed by atoms with Gasteiger partial charge >= 0.3 is 0 Å². The number of sulfonamides is 1. The molecule has 0 spiro atoms. The van der Waals surface area contributed by atoms with Gasteiger partial charge in [0.15, 0.2) is 11.6 Å². The van der Waals surface area contributed by atoms with Crippen LogP contribution in [0.5, 0.6) is 0 Å². The second kappa shape index (κ2) is 11.2. The number of nitrogens with one attached hydrogen (secondary N) is 1. The van der Waals surface area contributed by atoms with E-state index in [1.807, 2.05) is 25.1 Å². The van der Waals surface area contributed by atoms with Gasteiger partial charge in [-0.1, -0.05) is 36.8 Å². The highest BCUT2D eigenvalue weighted by Gasteiger charge is 2.31. The number of carbonyl (C=O) groups excluding carboxylic acids is 2. The lowest BCUT2D eigenvalue weighted by Crippen LogP contribution is -2.52. The highest BCUT2D eigenvalue weighted by Crippen LogP contribution is 2.22. The van der Waals surface area contributed by atoms with E-state index >= 15 is 0 Å². The summed E-state index contributed by atoms with van der Waals surface area (Å²) in [4.78, 5) is 27.4. The Morgan fingerprint density at radius 1 is 1.06 bits per heavy atom. The normalized spacial score (nSPS) is 12.2. The molecule has 0 unspecified atom stereocenters. The van der Waals surface area contributed by atoms with E-state index in [-0.39, 0.29) is 18.1 Å². The largest absolute Gasteiger partial charge is 0.355 e. The average Bonchev–Trinajstić information content (AvgIpc) is 2.73. The molecule has 0 aromatic heterocycles. The monoisotopic (exact) mass is 481 g/mol. The van der Waals surface area contributed by atoms with Crippen LogP contribution in [0.25, 0.3) is 0 Å². The zero-order valence-corrected chi connectivity index (χ0v) is 20.0. The SMILES string of the molecule is CCNC(=O)[C@H](CC)N(Cc1cccc(C)c1)C(=O)CN(c1ccc(F)c(F)c1)S(C)(=O)=O. The van der Waals surface area contributed by atoms with E-state index in [9.17, 15) is 26.8 Å². The van der Waals surface area contributed by atoms with Gasteiger partial charge in [0.25, 0.3) is 0 Å².